The molecule has 20 heavy (non-hydrogen) atoms. The normalized spacial score (nSPS) is 23.1. The summed E-state index contributed by atoms with van der Waals surface area (Å²) in [7, 11) is 2.15. The average molecular weight is 272 g/mol. The molecule has 4 heteroatoms. The molecule has 0 saturated heterocycles. The number of nitrogens with zero attached hydrogens (tertiary/aromatic N) is 2. The topological polar surface area (TPSA) is 57.9 Å². The Bertz CT molecular complexity index is 581. The smallest absolute Gasteiger partial charge is 0.203 e. The zero-order valence-electron chi connectivity index (χ0n) is 12.4. The number of rotatable bonds is 3. The molecule has 1 aromatic heterocycles. The Balaban J connectivity index is 1.77. The number of H-pyrrole nitrogens is 1. The molecule has 1 aliphatic rings. The van der Waals surface area contributed by atoms with Gasteiger partial charge in [-0.25, -0.2) is 4.98 Å². The fourth-order valence-corrected chi connectivity index (χ4v) is 3.29. The average Bonchev–Trinajstić information content (AvgIpc) is 2.89. The van der Waals surface area contributed by atoms with Crippen LogP contribution in [-0.4, -0.2) is 23.1 Å². The highest BCUT2D eigenvalue weighted by Gasteiger charge is 2.24. The first-order valence-corrected chi connectivity index (χ1v) is 7.65. The zero-order chi connectivity index (χ0) is 14.1. The van der Waals surface area contributed by atoms with Crippen molar-refractivity contribution in [3.05, 3.63) is 18.2 Å². The molecule has 1 aromatic carbocycles. The molecule has 3 N–H and O–H groups in total. The van der Waals surface area contributed by atoms with E-state index >= 15 is 0 Å². The number of nitrogen functional groups attached to an aromatic ring is 1. The molecule has 108 valence electrons. The molecule has 0 radical (unpaired) electrons. The number of fused-ring (bicyclic) bond motifs is 1. The highest BCUT2D eigenvalue weighted by atomic mass is 15.3. The SMILES string of the molecule is CCC1CCC(N(C)c2nc3ccc(N)cc3[nH]2)CC1. The van der Waals surface area contributed by atoms with Gasteiger partial charge in [0, 0.05) is 18.8 Å². The minimum absolute atomic E-state index is 0.607. The number of hydrogen-bond acceptors (Lipinski definition) is 3. The Morgan fingerprint density at radius 3 is 2.75 bits per heavy atom. The van der Waals surface area contributed by atoms with E-state index in [4.69, 9.17) is 5.73 Å². The lowest BCUT2D eigenvalue weighted by atomic mass is 9.84. The lowest BCUT2D eigenvalue weighted by molar-refractivity contribution is 0.312. The number of hydrogen-bond donors (Lipinski definition) is 2. The van der Waals surface area contributed by atoms with Crippen LogP contribution in [0.4, 0.5) is 11.6 Å². The lowest BCUT2D eigenvalue weighted by Crippen LogP contribution is -2.35. The minimum atomic E-state index is 0.607. The van der Waals surface area contributed by atoms with E-state index < -0.39 is 0 Å². The van der Waals surface area contributed by atoms with Crippen molar-refractivity contribution in [2.75, 3.05) is 17.7 Å². The first-order valence-electron chi connectivity index (χ1n) is 7.65. The van der Waals surface area contributed by atoms with Crippen LogP contribution >= 0.6 is 0 Å². The molecule has 0 aliphatic heterocycles. The predicted octanol–water partition coefficient (Wildman–Crippen LogP) is 3.55. The third-order valence-corrected chi connectivity index (χ3v) is 4.77. The van der Waals surface area contributed by atoms with Gasteiger partial charge in [-0.05, 0) is 49.8 Å². The summed E-state index contributed by atoms with van der Waals surface area (Å²) < 4.78 is 0. The molecule has 4 nitrogen and oxygen atoms in total. The van der Waals surface area contributed by atoms with Gasteiger partial charge in [-0.2, -0.15) is 0 Å². The highest BCUT2D eigenvalue weighted by Crippen LogP contribution is 2.31. The van der Waals surface area contributed by atoms with Crippen LogP contribution in [0, 0.1) is 5.92 Å². The summed E-state index contributed by atoms with van der Waals surface area (Å²) >= 11 is 0. The molecule has 1 fully saturated rings. The first kappa shape index (κ1) is 13.3. The Morgan fingerprint density at radius 1 is 1.30 bits per heavy atom. The molecule has 0 bridgehead atoms. The molecule has 1 aliphatic carbocycles. The van der Waals surface area contributed by atoms with Crippen molar-refractivity contribution in [3.63, 3.8) is 0 Å². The van der Waals surface area contributed by atoms with E-state index in [0.29, 0.717) is 6.04 Å². The van der Waals surface area contributed by atoms with Crippen LogP contribution in [0.25, 0.3) is 11.0 Å². The van der Waals surface area contributed by atoms with Crippen molar-refractivity contribution >= 4 is 22.7 Å². The number of aromatic nitrogens is 2. The molecular weight excluding hydrogens is 248 g/mol. The summed E-state index contributed by atoms with van der Waals surface area (Å²) in [5.74, 6) is 1.89. The molecule has 1 saturated carbocycles. The van der Waals surface area contributed by atoms with Crippen molar-refractivity contribution in [3.8, 4) is 0 Å². The van der Waals surface area contributed by atoms with Gasteiger partial charge >= 0.3 is 0 Å². The van der Waals surface area contributed by atoms with Crippen LogP contribution in [0.1, 0.15) is 39.0 Å². The summed E-state index contributed by atoms with van der Waals surface area (Å²) in [6, 6.07) is 6.44. The molecule has 1 heterocycles. The third kappa shape index (κ3) is 2.47. The van der Waals surface area contributed by atoms with Gasteiger partial charge in [0.25, 0.3) is 0 Å². The lowest BCUT2D eigenvalue weighted by Gasteiger charge is -2.34. The standard InChI is InChI=1S/C16H24N4/c1-3-11-4-7-13(8-5-11)20(2)16-18-14-9-6-12(17)10-15(14)19-16/h6,9-11,13H,3-5,7-8,17H2,1-2H3,(H,18,19). The second kappa shape index (κ2) is 5.35. The minimum Gasteiger partial charge on any atom is -0.399 e. The quantitative estimate of drug-likeness (QED) is 0.840. The van der Waals surface area contributed by atoms with E-state index in [1.165, 1.54) is 32.1 Å². The van der Waals surface area contributed by atoms with E-state index in [1.54, 1.807) is 0 Å². The summed E-state index contributed by atoms with van der Waals surface area (Å²) in [4.78, 5) is 10.4. The Kier molecular flexibility index (Phi) is 3.55. The number of benzene rings is 1. The van der Waals surface area contributed by atoms with Crippen LogP contribution in [0.3, 0.4) is 0 Å². The molecule has 0 amide bonds. The van der Waals surface area contributed by atoms with Crippen molar-refractivity contribution in [2.24, 2.45) is 5.92 Å². The van der Waals surface area contributed by atoms with Crippen LogP contribution < -0.4 is 10.6 Å². The number of nitrogens with two attached hydrogens (primary N) is 1. The number of imidazole rings is 1. The van der Waals surface area contributed by atoms with Gasteiger partial charge in [0.15, 0.2) is 0 Å². The van der Waals surface area contributed by atoms with Crippen molar-refractivity contribution in [1.29, 1.82) is 0 Å². The number of aromatic amines is 1. The highest BCUT2D eigenvalue weighted by molar-refractivity contribution is 5.80. The molecular formula is C16H24N4. The summed E-state index contributed by atoms with van der Waals surface area (Å²) in [5.41, 5.74) is 8.61. The van der Waals surface area contributed by atoms with E-state index in [-0.39, 0.29) is 0 Å². The number of anilines is 2. The van der Waals surface area contributed by atoms with Gasteiger partial charge in [0.05, 0.1) is 11.0 Å². The fraction of sp³-hybridized carbons (Fsp3) is 0.562. The zero-order valence-corrected chi connectivity index (χ0v) is 12.4. The van der Waals surface area contributed by atoms with Crippen LogP contribution in [0.15, 0.2) is 18.2 Å². The van der Waals surface area contributed by atoms with Crippen molar-refractivity contribution in [2.45, 2.75) is 45.1 Å². The van der Waals surface area contributed by atoms with Crippen LogP contribution in [-0.2, 0) is 0 Å². The van der Waals surface area contributed by atoms with Gasteiger partial charge in [0.2, 0.25) is 5.95 Å². The molecule has 3 rings (SSSR count). The molecule has 0 atom stereocenters. The second-order valence-electron chi connectivity index (χ2n) is 6.03. The maximum Gasteiger partial charge on any atom is 0.203 e. The summed E-state index contributed by atoms with van der Waals surface area (Å²) in [5, 5.41) is 0. The predicted molar refractivity (Wildman–Crippen MR) is 84.9 cm³/mol. The van der Waals surface area contributed by atoms with Gasteiger partial charge in [-0.3, -0.25) is 0 Å². The molecule has 2 aromatic rings. The Hall–Kier alpha value is -1.71. The second-order valence-corrected chi connectivity index (χ2v) is 6.03. The van der Waals surface area contributed by atoms with Gasteiger partial charge in [0.1, 0.15) is 0 Å². The van der Waals surface area contributed by atoms with Crippen LogP contribution in [0.5, 0.6) is 0 Å². The summed E-state index contributed by atoms with van der Waals surface area (Å²) in [6.45, 7) is 2.30. The van der Waals surface area contributed by atoms with E-state index in [2.05, 4.69) is 28.8 Å². The first-order chi connectivity index (χ1) is 9.67. The summed E-state index contributed by atoms with van der Waals surface area (Å²) in [6.07, 6.45) is 6.56. The number of nitrogens with one attached hydrogen (secondary N) is 1. The van der Waals surface area contributed by atoms with Gasteiger partial charge in [-0.1, -0.05) is 13.3 Å². The van der Waals surface area contributed by atoms with Crippen LogP contribution in [0.2, 0.25) is 0 Å². The largest absolute Gasteiger partial charge is 0.399 e. The van der Waals surface area contributed by atoms with E-state index in [0.717, 1.165) is 28.6 Å². The maximum absolute atomic E-state index is 5.82. The molecule has 0 unspecified atom stereocenters. The van der Waals surface area contributed by atoms with Gasteiger partial charge in [-0.15, -0.1) is 0 Å². The monoisotopic (exact) mass is 272 g/mol. The fourth-order valence-electron chi connectivity index (χ4n) is 3.29. The van der Waals surface area contributed by atoms with E-state index in [9.17, 15) is 0 Å². The maximum atomic E-state index is 5.82. The Morgan fingerprint density at radius 2 is 2.05 bits per heavy atom. The third-order valence-electron chi connectivity index (χ3n) is 4.77. The molecule has 0 spiro atoms. The van der Waals surface area contributed by atoms with E-state index in [1.807, 2.05) is 18.2 Å². The Labute approximate surface area is 120 Å². The van der Waals surface area contributed by atoms with Crippen molar-refractivity contribution < 1.29 is 0 Å². The van der Waals surface area contributed by atoms with Crippen molar-refractivity contribution in [1.82, 2.24) is 9.97 Å². The van der Waals surface area contributed by atoms with Gasteiger partial charge < -0.3 is 15.6 Å².